The van der Waals surface area contributed by atoms with Crippen molar-refractivity contribution in [1.82, 2.24) is 15.1 Å². The van der Waals surface area contributed by atoms with E-state index < -0.39 is 9.84 Å². The highest BCUT2D eigenvalue weighted by molar-refractivity contribution is 7.91. The zero-order valence-electron chi connectivity index (χ0n) is 10.6. The maximum atomic E-state index is 12.2. The van der Waals surface area contributed by atoms with E-state index in [4.69, 9.17) is 0 Å². The van der Waals surface area contributed by atoms with Gasteiger partial charge in [0.05, 0.1) is 11.5 Å². The molecule has 2 heterocycles. The number of sulfone groups is 1. The second kappa shape index (κ2) is 5.83. The molecule has 106 valence electrons. The van der Waals surface area contributed by atoms with Gasteiger partial charge in [0.1, 0.15) is 0 Å². The first kappa shape index (κ1) is 14.2. The van der Waals surface area contributed by atoms with Crippen LogP contribution in [0.1, 0.15) is 23.1 Å². The summed E-state index contributed by atoms with van der Waals surface area (Å²) < 4.78 is 23.0. The van der Waals surface area contributed by atoms with Crippen LogP contribution in [0, 0.1) is 0 Å². The number of amides is 1. The van der Waals surface area contributed by atoms with Gasteiger partial charge in [-0.15, -0.1) is 10.2 Å². The third kappa shape index (κ3) is 3.63. The first-order valence-corrected chi connectivity index (χ1v) is 8.72. The number of carbonyl (C=O) groups excluding carboxylic acids is 1. The molecular weight excluding hydrogens is 288 g/mol. The van der Waals surface area contributed by atoms with E-state index in [1.54, 1.807) is 4.90 Å². The Bertz CT molecular complexity index is 555. The average molecular weight is 304 g/mol. The Morgan fingerprint density at radius 3 is 2.89 bits per heavy atom. The minimum absolute atomic E-state index is 0.0254. The summed E-state index contributed by atoms with van der Waals surface area (Å²) in [7, 11) is -3.01. The van der Waals surface area contributed by atoms with Crippen molar-refractivity contribution in [3.05, 3.63) is 5.01 Å². The molecule has 7 nitrogen and oxygen atoms in total. The molecule has 1 aliphatic rings. The SMILES string of the molecule is CCNc1nnc(C(=O)N2CCCS(=O)(=O)CC2)s1. The summed E-state index contributed by atoms with van der Waals surface area (Å²) in [4.78, 5) is 13.7. The smallest absolute Gasteiger partial charge is 0.284 e. The van der Waals surface area contributed by atoms with Gasteiger partial charge in [-0.05, 0) is 13.3 Å². The average Bonchev–Trinajstić information content (AvgIpc) is 2.74. The fraction of sp³-hybridized carbons (Fsp3) is 0.700. The van der Waals surface area contributed by atoms with E-state index in [9.17, 15) is 13.2 Å². The standard InChI is InChI=1S/C10H16N4O3S2/c1-2-11-10-13-12-8(18-10)9(15)14-4-3-6-19(16,17)7-5-14/h2-7H2,1H3,(H,11,13). The van der Waals surface area contributed by atoms with Crippen LogP contribution in [0.2, 0.25) is 0 Å². The van der Waals surface area contributed by atoms with Gasteiger partial charge in [0.25, 0.3) is 5.91 Å². The molecular formula is C10H16N4O3S2. The van der Waals surface area contributed by atoms with Gasteiger partial charge in [0.2, 0.25) is 10.1 Å². The number of aromatic nitrogens is 2. The molecule has 0 spiro atoms. The highest BCUT2D eigenvalue weighted by Gasteiger charge is 2.25. The van der Waals surface area contributed by atoms with Crippen molar-refractivity contribution in [2.75, 3.05) is 36.5 Å². The molecule has 1 aliphatic heterocycles. The molecule has 1 aromatic heterocycles. The van der Waals surface area contributed by atoms with Crippen LogP contribution in [0.15, 0.2) is 0 Å². The molecule has 2 rings (SSSR count). The maximum Gasteiger partial charge on any atom is 0.284 e. The molecule has 0 saturated carbocycles. The third-order valence-electron chi connectivity index (χ3n) is 2.78. The lowest BCUT2D eigenvalue weighted by Crippen LogP contribution is -2.33. The summed E-state index contributed by atoms with van der Waals surface area (Å²) in [6.07, 6.45) is 0.479. The van der Waals surface area contributed by atoms with Crippen LogP contribution < -0.4 is 5.32 Å². The first-order chi connectivity index (χ1) is 9.02. The van der Waals surface area contributed by atoms with E-state index in [-0.39, 0.29) is 24.0 Å². The number of nitrogens with one attached hydrogen (secondary N) is 1. The summed E-state index contributed by atoms with van der Waals surface area (Å²) in [5.41, 5.74) is 0. The third-order valence-corrected chi connectivity index (χ3v) is 5.36. The van der Waals surface area contributed by atoms with Gasteiger partial charge in [-0.25, -0.2) is 8.42 Å². The fourth-order valence-electron chi connectivity index (χ4n) is 1.81. The molecule has 0 aliphatic carbocycles. The first-order valence-electron chi connectivity index (χ1n) is 6.09. The van der Waals surface area contributed by atoms with Crippen LogP contribution in [0.3, 0.4) is 0 Å². The van der Waals surface area contributed by atoms with Crippen LogP contribution in [-0.2, 0) is 9.84 Å². The lowest BCUT2D eigenvalue weighted by molar-refractivity contribution is 0.0767. The largest absolute Gasteiger partial charge is 0.360 e. The molecule has 1 N–H and O–H groups in total. The number of carbonyl (C=O) groups is 1. The lowest BCUT2D eigenvalue weighted by Gasteiger charge is -2.17. The van der Waals surface area contributed by atoms with Crippen molar-refractivity contribution in [2.45, 2.75) is 13.3 Å². The van der Waals surface area contributed by atoms with Crippen LogP contribution in [0.25, 0.3) is 0 Å². The van der Waals surface area contributed by atoms with Gasteiger partial charge in [0.15, 0.2) is 9.84 Å². The highest BCUT2D eigenvalue weighted by atomic mass is 32.2. The predicted molar refractivity (Wildman–Crippen MR) is 73.2 cm³/mol. The zero-order valence-corrected chi connectivity index (χ0v) is 12.3. The minimum atomic E-state index is -3.01. The molecule has 19 heavy (non-hydrogen) atoms. The minimum Gasteiger partial charge on any atom is -0.360 e. The zero-order chi connectivity index (χ0) is 13.9. The van der Waals surface area contributed by atoms with E-state index in [1.165, 1.54) is 11.3 Å². The fourth-order valence-corrected chi connectivity index (χ4v) is 3.86. The van der Waals surface area contributed by atoms with Gasteiger partial charge < -0.3 is 10.2 Å². The second-order valence-corrected chi connectivity index (χ2v) is 7.52. The summed E-state index contributed by atoms with van der Waals surface area (Å²) >= 11 is 1.19. The van der Waals surface area contributed by atoms with Gasteiger partial charge in [-0.3, -0.25) is 4.79 Å². The van der Waals surface area contributed by atoms with Crippen LogP contribution in [0.4, 0.5) is 5.13 Å². The molecule has 1 amide bonds. The number of hydrogen-bond donors (Lipinski definition) is 1. The van der Waals surface area contributed by atoms with Crippen molar-refractivity contribution in [3.8, 4) is 0 Å². The van der Waals surface area contributed by atoms with E-state index in [2.05, 4.69) is 15.5 Å². The summed E-state index contributed by atoms with van der Waals surface area (Å²) in [6.45, 7) is 3.33. The van der Waals surface area contributed by atoms with Gasteiger partial charge in [0, 0.05) is 19.6 Å². The van der Waals surface area contributed by atoms with Gasteiger partial charge in [-0.2, -0.15) is 0 Å². The monoisotopic (exact) mass is 304 g/mol. The van der Waals surface area contributed by atoms with Crippen molar-refractivity contribution in [3.63, 3.8) is 0 Å². The van der Waals surface area contributed by atoms with E-state index in [0.29, 0.717) is 29.6 Å². The Morgan fingerprint density at radius 1 is 1.37 bits per heavy atom. The van der Waals surface area contributed by atoms with E-state index >= 15 is 0 Å². The van der Waals surface area contributed by atoms with Crippen LogP contribution in [0.5, 0.6) is 0 Å². The quantitative estimate of drug-likeness (QED) is 0.859. The molecule has 1 saturated heterocycles. The molecule has 0 bridgehead atoms. The maximum absolute atomic E-state index is 12.2. The molecule has 1 aromatic rings. The molecule has 1 fully saturated rings. The van der Waals surface area contributed by atoms with Crippen molar-refractivity contribution in [1.29, 1.82) is 0 Å². The van der Waals surface area contributed by atoms with E-state index in [0.717, 1.165) is 0 Å². The molecule has 0 atom stereocenters. The lowest BCUT2D eigenvalue weighted by atomic mass is 10.4. The molecule has 0 unspecified atom stereocenters. The van der Waals surface area contributed by atoms with Crippen molar-refractivity contribution >= 4 is 32.2 Å². The van der Waals surface area contributed by atoms with Gasteiger partial charge in [-0.1, -0.05) is 11.3 Å². The summed E-state index contributed by atoms with van der Waals surface area (Å²) in [5.74, 6) is -0.0635. The van der Waals surface area contributed by atoms with Crippen molar-refractivity contribution in [2.24, 2.45) is 0 Å². The topological polar surface area (TPSA) is 92.3 Å². The summed E-state index contributed by atoms with van der Waals surface area (Å²) in [5, 5.41) is 11.6. The Kier molecular flexibility index (Phi) is 4.35. The Hall–Kier alpha value is -1.22. The predicted octanol–water partition coefficient (Wildman–Crippen LogP) is 0.231. The highest BCUT2D eigenvalue weighted by Crippen LogP contribution is 2.17. The Balaban J connectivity index is 2.06. The normalized spacial score (nSPS) is 18.9. The number of nitrogens with zero attached hydrogens (tertiary/aromatic N) is 3. The van der Waals surface area contributed by atoms with Crippen LogP contribution >= 0.6 is 11.3 Å². The van der Waals surface area contributed by atoms with Crippen LogP contribution in [-0.4, -0.2) is 60.6 Å². The number of hydrogen-bond acceptors (Lipinski definition) is 7. The molecule has 9 heteroatoms. The number of rotatable bonds is 3. The Morgan fingerprint density at radius 2 is 2.16 bits per heavy atom. The number of anilines is 1. The Labute approximate surface area is 115 Å². The second-order valence-electron chi connectivity index (χ2n) is 4.24. The molecule has 0 aromatic carbocycles. The summed E-state index contributed by atoms with van der Waals surface area (Å²) in [6, 6.07) is 0. The van der Waals surface area contributed by atoms with Gasteiger partial charge >= 0.3 is 0 Å². The van der Waals surface area contributed by atoms with Crippen molar-refractivity contribution < 1.29 is 13.2 Å². The molecule has 0 radical (unpaired) electrons. The van der Waals surface area contributed by atoms with E-state index in [1.807, 2.05) is 6.92 Å².